The van der Waals surface area contributed by atoms with Crippen molar-refractivity contribution in [2.45, 2.75) is 19.3 Å². The molecule has 14 heavy (non-hydrogen) atoms. The zero-order valence-corrected chi connectivity index (χ0v) is 8.07. The second-order valence-corrected chi connectivity index (χ2v) is 3.47. The molecule has 0 unspecified atom stereocenters. The molecule has 1 heterocycles. The minimum Gasteiger partial charge on any atom is -0.472 e. The average Bonchev–Trinajstić information content (AvgIpc) is 2.67. The van der Waals surface area contributed by atoms with E-state index in [4.69, 9.17) is 9.52 Å². The first-order valence-corrected chi connectivity index (χ1v) is 4.96. The monoisotopic (exact) mass is 190 g/mol. The van der Waals surface area contributed by atoms with Crippen LogP contribution >= 0.6 is 0 Å². The van der Waals surface area contributed by atoms with Crippen molar-refractivity contribution in [3.63, 3.8) is 0 Å². The molecule has 0 aromatic heterocycles. The number of hydrogen-bond acceptors (Lipinski definition) is 2. The smallest absolute Gasteiger partial charge is 0.0980 e. The molecule has 0 atom stereocenters. The second-order valence-electron chi connectivity index (χ2n) is 3.47. The summed E-state index contributed by atoms with van der Waals surface area (Å²) in [7, 11) is 0. The lowest BCUT2D eigenvalue weighted by Gasteiger charge is -2.05. The van der Waals surface area contributed by atoms with Gasteiger partial charge < -0.3 is 9.52 Å². The van der Waals surface area contributed by atoms with Gasteiger partial charge in [-0.2, -0.15) is 0 Å². The zero-order valence-electron chi connectivity index (χ0n) is 8.07. The quantitative estimate of drug-likeness (QED) is 0.752. The summed E-state index contributed by atoms with van der Waals surface area (Å²) in [6.45, 7) is 0.272. The maximum atomic E-state index is 8.69. The number of aliphatic hydroxyl groups excluding tert-OH is 1. The largest absolute Gasteiger partial charge is 0.472 e. The van der Waals surface area contributed by atoms with Crippen LogP contribution in [0.5, 0.6) is 0 Å². The molecule has 1 aliphatic carbocycles. The van der Waals surface area contributed by atoms with Gasteiger partial charge in [0.2, 0.25) is 0 Å². The van der Waals surface area contributed by atoms with E-state index in [9.17, 15) is 0 Å². The fraction of sp³-hybridized carbons (Fsp3) is 0.333. The van der Waals surface area contributed by atoms with Crippen molar-refractivity contribution < 1.29 is 9.52 Å². The summed E-state index contributed by atoms with van der Waals surface area (Å²) in [5.41, 5.74) is 3.67. The molecule has 1 N–H and O–H groups in total. The SMILES string of the molecule is OCCCCc1cocc2cccc1-2. The maximum absolute atomic E-state index is 8.69. The number of unbranched alkanes of at least 4 members (excludes halogenated alkanes) is 1. The Labute approximate surface area is 83.5 Å². The second kappa shape index (κ2) is 4.29. The molecule has 0 spiro atoms. The first-order valence-electron chi connectivity index (χ1n) is 4.96. The van der Waals surface area contributed by atoms with Crippen LogP contribution in [-0.2, 0) is 6.42 Å². The summed E-state index contributed by atoms with van der Waals surface area (Å²) in [4.78, 5) is 0. The van der Waals surface area contributed by atoms with Gasteiger partial charge in [0, 0.05) is 12.2 Å². The van der Waals surface area contributed by atoms with E-state index in [2.05, 4.69) is 6.07 Å². The molecule has 2 nitrogen and oxygen atoms in total. The number of aryl methyl sites for hydroxylation is 1. The highest BCUT2D eigenvalue weighted by Gasteiger charge is 2.07. The van der Waals surface area contributed by atoms with Crippen molar-refractivity contribution in [2.24, 2.45) is 0 Å². The van der Waals surface area contributed by atoms with Gasteiger partial charge in [0.05, 0.1) is 12.5 Å². The van der Waals surface area contributed by atoms with Crippen molar-refractivity contribution >= 4 is 0 Å². The molecule has 2 aliphatic rings. The molecular formula is C12H14O2. The van der Waals surface area contributed by atoms with Crippen LogP contribution in [0, 0.1) is 0 Å². The molecule has 0 aromatic carbocycles. The molecule has 0 radical (unpaired) electrons. The predicted molar refractivity (Wildman–Crippen MR) is 55.4 cm³/mol. The predicted octanol–water partition coefficient (Wildman–Crippen LogP) is 2.70. The van der Waals surface area contributed by atoms with Gasteiger partial charge in [-0.15, -0.1) is 0 Å². The third-order valence-electron chi connectivity index (χ3n) is 2.46. The summed E-state index contributed by atoms with van der Waals surface area (Å²) in [5.74, 6) is 0. The van der Waals surface area contributed by atoms with Crippen molar-refractivity contribution in [1.29, 1.82) is 0 Å². The van der Waals surface area contributed by atoms with Crippen LogP contribution in [0.1, 0.15) is 18.4 Å². The zero-order chi connectivity index (χ0) is 9.80. The Kier molecular flexibility index (Phi) is 2.84. The topological polar surface area (TPSA) is 33.4 Å². The molecular weight excluding hydrogens is 176 g/mol. The Hall–Kier alpha value is -1.28. The van der Waals surface area contributed by atoms with E-state index in [0.29, 0.717) is 0 Å². The molecule has 74 valence electrons. The Morgan fingerprint density at radius 2 is 2.07 bits per heavy atom. The van der Waals surface area contributed by atoms with Crippen molar-refractivity contribution in [1.82, 2.24) is 0 Å². The minimum atomic E-state index is 0.272. The summed E-state index contributed by atoms with van der Waals surface area (Å²) >= 11 is 0. The van der Waals surface area contributed by atoms with Crippen LogP contribution in [0.25, 0.3) is 11.1 Å². The van der Waals surface area contributed by atoms with Gasteiger partial charge in [0.1, 0.15) is 0 Å². The van der Waals surface area contributed by atoms with Crippen LogP contribution in [0.2, 0.25) is 0 Å². The van der Waals surface area contributed by atoms with Crippen molar-refractivity contribution in [2.75, 3.05) is 6.61 Å². The lowest BCUT2D eigenvalue weighted by Crippen LogP contribution is -1.91. The Morgan fingerprint density at radius 3 is 2.93 bits per heavy atom. The van der Waals surface area contributed by atoms with Gasteiger partial charge in [0.15, 0.2) is 0 Å². The molecule has 0 bridgehead atoms. The van der Waals surface area contributed by atoms with Gasteiger partial charge >= 0.3 is 0 Å². The third kappa shape index (κ3) is 1.80. The van der Waals surface area contributed by atoms with Crippen molar-refractivity contribution in [3.8, 4) is 11.1 Å². The molecule has 1 aliphatic heterocycles. The van der Waals surface area contributed by atoms with Gasteiger partial charge in [-0.05, 0) is 30.4 Å². The fourth-order valence-corrected chi connectivity index (χ4v) is 1.70. The highest BCUT2D eigenvalue weighted by atomic mass is 16.3. The molecule has 2 rings (SSSR count). The van der Waals surface area contributed by atoms with Gasteiger partial charge in [-0.1, -0.05) is 18.2 Å². The molecule has 2 heteroatoms. The summed E-state index contributed by atoms with van der Waals surface area (Å²) in [5, 5.41) is 8.69. The van der Waals surface area contributed by atoms with E-state index < -0.39 is 0 Å². The van der Waals surface area contributed by atoms with E-state index in [1.54, 1.807) is 12.5 Å². The van der Waals surface area contributed by atoms with E-state index in [0.717, 1.165) is 24.8 Å². The Morgan fingerprint density at radius 1 is 1.14 bits per heavy atom. The number of rotatable bonds is 4. The lowest BCUT2D eigenvalue weighted by molar-refractivity contribution is 0.284. The molecule has 0 saturated carbocycles. The summed E-state index contributed by atoms with van der Waals surface area (Å²) in [6, 6.07) is 6.20. The summed E-state index contributed by atoms with van der Waals surface area (Å²) in [6.07, 6.45) is 6.42. The van der Waals surface area contributed by atoms with Gasteiger partial charge in [-0.25, -0.2) is 0 Å². The van der Waals surface area contributed by atoms with E-state index >= 15 is 0 Å². The first kappa shape index (κ1) is 9.28. The third-order valence-corrected chi connectivity index (χ3v) is 2.46. The standard InChI is InChI=1S/C12H14O2/c13-7-2-1-4-10-8-14-9-11-5-3-6-12(10)11/h3,5-6,8-9,13H,1-2,4,7H2. The normalized spacial score (nSPS) is 10.9. The van der Waals surface area contributed by atoms with Crippen LogP contribution in [0.4, 0.5) is 0 Å². The van der Waals surface area contributed by atoms with Crippen LogP contribution in [-0.4, -0.2) is 11.7 Å². The highest BCUT2D eigenvalue weighted by molar-refractivity contribution is 5.68. The molecule has 0 fully saturated rings. The van der Waals surface area contributed by atoms with Crippen LogP contribution in [0.15, 0.2) is 35.1 Å². The molecule has 0 aromatic rings. The van der Waals surface area contributed by atoms with Gasteiger partial charge in [0.25, 0.3) is 0 Å². The Bertz CT molecular complexity index is 365. The van der Waals surface area contributed by atoms with Crippen molar-refractivity contribution in [3.05, 3.63) is 36.3 Å². The number of aliphatic hydroxyl groups is 1. The Balaban J connectivity index is 2.13. The lowest BCUT2D eigenvalue weighted by atomic mass is 10.0. The first-order chi connectivity index (χ1) is 6.92. The van der Waals surface area contributed by atoms with E-state index in [1.807, 2.05) is 12.1 Å². The fourth-order valence-electron chi connectivity index (χ4n) is 1.70. The van der Waals surface area contributed by atoms with Crippen LogP contribution < -0.4 is 0 Å². The molecule has 0 amide bonds. The number of fused-ring (bicyclic) bond motifs is 1. The highest BCUT2D eigenvalue weighted by Crippen LogP contribution is 2.27. The van der Waals surface area contributed by atoms with Gasteiger partial charge in [-0.3, -0.25) is 0 Å². The average molecular weight is 190 g/mol. The van der Waals surface area contributed by atoms with E-state index in [-0.39, 0.29) is 6.61 Å². The number of hydrogen-bond donors (Lipinski definition) is 1. The maximum Gasteiger partial charge on any atom is 0.0980 e. The summed E-state index contributed by atoms with van der Waals surface area (Å²) < 4.78 is 5.25. The minimum absolute atomic E-state index is 0.272. The van der Waals surface area contributed by atoms with Crippen LogP contribution in [0.3, 0.4) is 0 Å². The van der Waals surface area contributed by atoms with E-state index in [1.165, 1.54) is 11.1 Å². The molecule has 0 saturated heterocycles.